The summed E-state index contributed by atoms with van der Waals surface area (Å²) in [5.41, 5.74) is 0.385. The van der Waals surface area contributed by atoms with Gasteiger partial charge in [-0.25, -0.2) is 13.1 Å². The van der Waals surface area contributed by atoms with Crippen molar-refractivity contribution in [2.24, 2.45) is 5.41 Å². The summed E-state index contributed by atoms with van der Waals surface area (Å²) in [6.45, 7) is 5.49. The van der Waals surface area contributed by atoms with E-state index in [-0.39, 0.29) is 11.8 Å². The maximum absolute atomic E-state index is 12.0. The minimum Gasteiger partial charge on any atom is -0.314 e. The van der Waals surface area contributed by atoms with E-state index >= 15 is 0 Å². The highest BCUT2D eigenvalue weighted by molar-refractivity contribution is 7.89. The summed E-state index contributed by atoms with van der Waals surface area (Å²) in [6, 6.07) is 0.882. The lowest BCUT2D eigenvalue weighted by Gasteiger charge is -2.34. The lowest BCUT2D eigenvalue weighted by Crippen LogP contribution is -2.40. The molecule has 2 aliphatic carbocycles. The van der Waals surface area contributed by atoms with Crippen molar-refractivity contribution in [3.05, 3.63) is 0 Å². The van der Waals surface area contributed by atoms with Gasteiger partial charge in [0, 0.05) is 12.1 Å². The Hall–Kier alpha value is -0.130. The van der Waals surface area contributed by atoms with Gasteiger partial charge in [0.15, 0.2) is 0 Å². The second kappa shape index (κ2) is 6.75. The van der Waals surface area contributed by atoms with Crippen LogP contribution in [-0.2, 0) is 10.0 Å². The van der Waals surface area contributed by atoms with Crippen LogP contribution < -0.4 is 10.0 Å². The summed E-state index contributed by atoms with van der Waals surface area (Å²) in [7, 11) is -3.08. The van der Waals surface area contributed by atoms with Crippen LogP contribution >= 0.6 is 0 Å². The summed E-state index contributed by atoms with van der Waals surface area (Å²) in [5.74, 6) is 0.277. The zero-order valence-electron chi connectivity index (χ0n) is 13.0. The lowest BCUT2D eigenvalue weighted by molar-refractivity contribution is 0.218. The van der Waals surface area contributed by atoms with E-state index in [1.54, 1.807) is 0 Å². The summed E-state index contributed by atoms with van der Waals surface area (Å²) in [6.07, 6.45) is 8.49. The third kappa shape index (κ3) is 6.10. The van der Waals surface area contributed by atoms with Crippen LogP contribution in [0.5, 0.6) is 0 Å². The molecule has 0 aliphatic heterocycles. The van der Waals surface area contributed by atoms with Gasteiger partial charge >= 0.3 is 0 Å². The SMILES string of the molecule is CC1(C)CCC(NS(=O)(=O)CCCCNC2CC2)CC1. The number of rotatable bonds is 8. The molecular weight excluding hydrogens is 272 g/mol. The largest absolute Gasteiger partial charge is 0.314 e. The van der Waals surface area contributed by atoms with Gasteiger partial charge in [-0.15, -0.1) is 0 Å². The molecule has 0 bridgehead atoms. The first-order valence-corrected chi connectivity index (χ1v) is 9.75. The molecule has 0 unspecified atom stereocenters. The average Bonchev–Trinajstić information content (AvgIpc) is 3.15. The molecule has 2 fully saturated rings. The molecule has 0 amide bonds. The first-order chi connectivity index (χ1) is 9.36. The van der Waals surface area contributed by atoms with E-state index in [0.29, 0.717) is 5.41 Å². The van der Waals surface area contributed by atoms with Crippen molar-refractivity contribution in [1.82, 2.24) is 10.0 Å². The lowest BCUT2D eigenvalue weighted by atomic mass is 9.76. The molecule has 20 heavy (non-hydrogen) atoms. The van der Waals surface area contributed by atoms with Gasteiger partial charge in [-0.05, 0) is 63.3 Å². The highest BCUT2D eigenvalue weighted by Crippen LogP contribution is 2.35. The molecule has 0 saturated heterocycles. The third-order valence-electron chi connectivity index (χ3n) is 4.54. The van der Waals surface area contributed by atoms with Crippen molar-refractivity contribution in [2.45, 2.75) is 77.3 Å². The predicted octanol–water partition coefficient (Wildman–Crippen LogP) is 2.41. The Bertz CT molecular complexity index is 392. The van der Waals surface area contributed by atoms with Crippen LogP contribution in [-0.4, -0.2) is 32.8 Å². The van der Waals surface area contributed by atoms with Gasteiger partial charge < -0.3 is 5.32 Å². The number of hydrogen-bond acceptors (Lipinski definition) is 3. The summed E-state index contributed by atoms with van der Waals surface area (Å²) in [5, 5.41) is 3.42. The van der Waals surface area contributed by atoms with Crippen molar-refractivity contribution < 1.29 is 8.42 Å². The smallest absolute Gasteiger partial charge is 0.211 e. The highest BCUT2D eigenvalue weighted by Gasteiger charge is 2.28. The molecule has 0 spiro atoms. The van der Waals surface area contributed by atoms with Gasteiger partial charge in [0.1, 0.15) is 0 Å². The molecule has 2 saturated carbocycles. The first-order valence-electron chi connectivity index (χ1n) is 8.10. The van der Waals surface area contributed by atoms with E-state index < -0.39 is 10.0 Å². The molecule has 0 aromatic rings. The van der Waals surface area contributed by atoms with Gasteiger partial charge in [0.05, 0.1) is 5.75 Å². The van der Waals surface area contributed by atoms with E-state index in [2.05, 4.69) is 23.9 Å². The van der Waals surface area contributed by atoms with E-state index in [9.17, 15) is 8.42 Å². The summed E-state index contributed by atoms with van der Waals surface area (Å²) in [4.78, 5) is 0. The van der Waals surface area contributed by atoms with Crippen molar-refractivity contribution in [2.75, 3.05) is 12.3 Å². The monoisotopic (exact) mass is 302 g/mol. The fraction of sp³-hybridized carbons (Fsp3) is 1.00. The second-order valence-corrected chi connectivity index (χ2v) is 9.18. The fourth-order valence-electron chi connectivity index (χ4n) is 2.84. The van der Waals surface area contributed by atoms with E-state index in [1.807, 2.05) is 0 Å². The van der Waals surface area contributed by atoms with E-state index in [4.69, 9.17) is 0 Å². The van der Waals surface area contributed by atoms with Gasteiger partial charge in [-0.1, -0.05) is 13.8 Å². The van der Waals surface area contributed by atoms with Crippen molar-refractivity contribution in [1.29, 1.82) is 0 Å². The van der Waals surface area contributed by atoms with Gasteiger partial charge in [-0.3, -0.25) is 0 Å². The van der Waals surface area contributed by atoms with Crippen LogP contribution in [0.3, 0.4) is 0 Å². The van der Waals surface area contributed by atoms with Gasteiger partial charge in [-0.2, -0.15) is 0 Å². The first kappa shape index (κ1) is 16.2. The van der Waals surface area contributed by atoms with Crippen molar-refractivity contribution in [3.63, 3.8) is 0 Å². The second-order valence-electron chi connectivity index (χ2n) is 7.31. The number of unbranched alkanes of at least 4 members (excludes halogenated alkanes) is 1. The third-order valence-corrected chi connectivity index (χ3v) is 6.05. The predicted molar refractivity (Wildman–Crippen MR) is 83.2 cm³/mol. The van der Waals surface area contributed by atoms with Crippen LogP contribution in [0, 0.1) is 5.41 Å². The zero-order chi connectivity index (χ0) is 14.6. The molecule has 5 heteroatoms. The van der Waals surface area contributed by atoms with Crippen molar-refractivity contribution >= 4 is 10.0 Å². The van der Waals surface area contributed by atoms with Crippen LogP contribution in [0.1, 0.15) is 65.2 Å². The molecule has 2 rings (SSSR count). The summed E-state index contributed by atoms with van der Waals surface area (Å²) >= 11 is 0. The van der Waals surface area contributed by atoms with Crippen LogP contribution in [0.15, 0.2) is 0 Å². The summed E-state index contributed by atoms with van der Waals surface area (Å²) < 4.78 is 27.0. The quantitative estimate of drug-likeness (QED) is 0.677. The van der Waals surface area contributed by atoms with E-state index in [1.165, 1.54) is 12.8 Å². The Balaban J connectivity index is 1.60. The fourth-order valence-corrected chi connectivity index (χ4v) is 4.29. The Kier molecular flexibility index (Phi) is 5.49. The number of sulfonamides is 1. The molecule has 0 atom stereocenters. The Morgan fingerprint density at radius 2 is 1.65 bits per heavy atom. The molecule has 2 N–H and O–H groups in total. The topological polar surface area (TPSA) is 58.2 Å². The molecular formula is C15H30N2O2S. The number of nitrogens with one attached hydrogen (secondary N) is 2. The Morgan fingerprint density at radius 3 is 2.25 bits per heavy atom. The standard InChI is InChI=1S/C15H30N2O2S/c1-15(2)9-7-14(8-10-15)17-20(18,19)12-4-3-11-16-13-5-6-13/h13-14,16-17H,3-12H2,1-2H3. The van der Waals surface area contributed by atoms with E-state index in [0.717, 1.165) is 51.1 Å². The molecule has 0 radical (unpaired) electrons. The molecule has 0 heterocycles. The maximum Gasteiger partial charge on any atom is 0.211 e. The molecule has 0 aromatic carbocycles. The van der Waals surface area contributed by atoms with Gasteiger partial charge in [0.2, 0.25) is 10.0 Å². The molecule has 0 aromatic heterocycles. The normalized spacial score (nSPS) is 23.9. The maximum atomic E-state index is 12.0. The van der Waals surface area contributed by atoms with Crippen molar-refractivity contribution in [3.8, 4) is 0 Å². The zero-order valence-corrected chi connectivity index (χ0v) is 13.8. The average molecular weight is 302 g/mol. The van der Waals surface area contributed by atoms with Gasteiger partial charge in [0.25, 0.3) is 0 Å². The molecule has 2 aliphatic rings. The van der Waals surface area contributed by atoms with Crippen LogP contribution in [0.2, 0.25) is 0 Å². The Morgan fingerprint density at radius 1 is 1.00 bits per heavy atom. The molecule has 118 valence electrons. The number of hydrogen-bond donors (Lipinski definition) is 2. The van der Waals surface area contributed by atoms with Crippen LogP contribution in [0.25, 0.3) is 0 Å². The molecule has 4 nitrogen and oxygen atoms in total. The highest BCUT2D eigenvalue weighted by atomic mass is 32.2. The Labute approximate surface area is 124 Å². The minimum atomic E-state index is -3.08. The van der Waals surface area contributed by atoms with Crippen LogP contribution in [0.4, 0.5) is 0 Å². The minimum absolute atomic E-state index is 0.164.